The third kappa shape index (κ3) is 3.36. The molecule has 0 bridgehead atoms. The number of carbonyl (C=O) groups excluding carboxylic acids is 1. The summed E-state index contributed by atoms with van der Waals surface area (Å²) in [5, 5.41) is 12.6. The molecule has 0 spiro atoms. The molecule has 0 saturated carbocycles. The largest absolute Gasteiger partial charge is 0.370 e. The highest BCUT2D eigenvalue weighted by atomic mass is 79.9. The lowest BCUT2D eigenvalue weighted by molar-refractivity contribution is 0.0940. The molecule has 0 radical (unpaired) electrons. The van der Waals surface area contributed by atoms with E-state index in [1.54, 1.807) is 24.7 Å². The monoisotopic (exact) mass is 337 g/mol. The van der Waals surface area contributed by atoms with Gasteiger partial charge in [0.1, 0.15) is 5.82 Å². The maximum Gasteiger partial charge on any atom is 0.255 e. The highest BCUT2D eigenvalue weighted by molar-refractivity contribution is 9.10. The van der Waals surface area contributed by atoms with E-state index in [2.05, 4.69) is 41.7 Å². The molecule has 20 heavy (non-hydrogen) atoms. The number of halogens is 1. The van der Waals surface area contributed by atoms with Gasteiger partial charge in [-0.2, -0.15) is 5.10 Å². The zero-order chi connectivity index (χ0) is 14.5. The van der Waals surface area contributed by atoms with Crippen LogP contribution in [0, 0.1) is 0 Å². The van der Waals surface area contributed by atoms with Crippen molar-refractivity contribution < 1.29 is 4.79 Å². The Kier molecular flexibility index (Phi) is 4.73. The third-order valence-corrected chi connectivity index (χ3v) is 3.24. The molecular weight excluding hydrogens is 322 g/mol. The Morgan fingerprint density at radius 1 is 1.50 bits per heavy atom. The number of aromatic amines is 1. The van der Waals surface area contributed by atoms with Gasteiger partial charge in [0.05, 0.1) is 17.8 Å². The smallest absolute Gasteiger partial charge is 0.255 e. The van der Waals surface area contributed by atoms with Gasteiger partial charge in [-0.05, 0) is 35.8 Å². The summed E-state index contributed by atoms with van der Waals surface area (Å²) in [4.78, 5) is 16.6. The molecule has 1 unspecified atom stereocenters. The standard InChI is InChI=1S/C13H16BrN5O/c1-3-15-12-11(4-10(14)7-16-12)13(20)19-8(2)9-5-17-18-6-9/h4-8H,3H2,1-2H3,(H,15,16)(H,17,18)(H,19,20). The zero-order valence-electron chi connectivity index (χ0n) is 11.3. The van der Waals surface area contributed by atoms with Gasteiger partial charge in [-0.25, -0.2) is 4.98 Å². The van der Waals surface area contributed by atoms with E-state index in [9.17, 15) is 4.79 Å². The molecule has 2 aromatic heterocycles. The SMILES string of the molecule is CCNc1ncc(Br)cc1C(=O)NC(C)c1cn[nH]c1. The minimum atomic E-state index is -0.177. The quantitative estimate of drug-likeness (QED) is 0.782. The van der Waals surface area contributed by atoms with Crippen LogP contribution < -0.4 is 10.6 Å². The number of hydrogen-bond acceptors (Lipinski definition) is 4. The Morgan fingerprint density at radius 2 is 2.30 bits per heavy atom. The molecule has 2 heterocycles. The van der Waals surface area contributed by atoms with Gasteiger partial charge in [0.25, 0.3) is 5.91 Å². The number of amides is 1. The molecule has 106 valence electrons. The second kappa shape index (κ2) is 6.51. The molecule has 1 amide bonds. The van der Waals surface area contributed by atoms with Gasteiger partial charge in [-0.15, -0.1) is 0 Å². The molecule has 0 aliphatic carbocycles. The van der Waals surface area contributed by atoms with E-state index in [0.717, 1.165) is 10.0 Å². The summed E-state index contributed by atoms with van der Waals surface area (Å²) in [6.45, 7) is 4.56. The van der Waals surface area contributed by atoms with Crippen molar-refractivity contribution >= 4 is 27.7 Å². The molecule has 0 saturated heterocycles. The summed E-state index contributed by atoms with van der Waals surface area (Å²) in [5.74, 6) is 0.399. The van der Waals surface area contributed by atoms with Crippen LogP contribution in [-0.4, -0.2) is 27.6 Å². The van der Waals surface area contributed by atoms with Crippen molar-refractivity contribution in [2.45, 2.75) is 19.9 Å². The van der Waals surface area contributed by atoms with E-state index in [-0.39, 0.29) is 11.9 Å². The maximum atomic E-state index is 12.4. The van der Waals surface area contributed by atoms with Crippen LogP contribution in [0.25, 0.3) is 0 Å². The van der Waals surface area contributed by atoms with Gasteiger partial charge >= 0.3 is 0 Å². The lowest BCUT2D eigenvalue weighted by Gasteiger charge is -2.14. The van der Waals surface area contributed by atoms with Crippen LogP contribution in [0.15, 0.2) is 29.1 Å². The number of anilines is 1. The highest BCUT2D eigenvalue weighted by Gasteiger charge is 2.16. The number of pyridine rings is 1. The van der Waals surface area contributed by atoms with Gasteiger partial charge in [0.15, 0.2) is 0 Å². The van der Waals surface area contributed by atoms with E-state index < -0.39 is 0 Å². The van der Waals surface area contributed by atoms with Crippen LogP contribution in [0.4, 0.5) is 5.82 Å². The predicted octanol–water partition coefficient (Wildman–Crippen LogP) is 2.49. The van der Waals surface area contributed by atoms with E-state index >= 15 is 0 Å². The van der Waals surface area contributed by atoms with Crippen molar-refractivity contribution in [3.05, 3.63) is 40.3 Å². The van der Waals surface area contributed by atoms with Crippen molar-refractivity contribution in [2.24, 2.45) is 0 Å². The number of H-pyrrole nitrogens is 1. The topological polar surface area (TPSA) is 82.7 Å². The fraction of sp³-hybridized carbons (Fsp3) is 0.308. The van der Waals surface area contributed by atoms with Gasteiger partial charge in [0, 0.05) is 29.0 Å². The Bertz CT molecular complexity index is 584. The van der Waals surface area contributed by atoms with Crippen LogP contribution in [0.3, 0.4) is 0 Å². The lowest BCUT2D eigenvalue weighted by Crippen LogP contribution is -2.27. The number of rotatable bonds is 5. The summed E-state index contributed by atoms with van der Waals surface area (Å²) in [7, 11) is 0. The molecular formula is C13H16BrN5O. The summed E-state index contributed by atoms with van der Waals surface area (Å²) in [6.07, 6.45) is 5.11. The minimum Gasteiger partial charge on any atom is -0.370 e. The molecule has 7 heteroatoms. The number of carbonyl (C=O) groups is 1. The Morgan fingerprint density at radius 3 is 2.95 bits per heavy atom. The summed E-state index contributed by atoms with van der Waals surface area (Å²) in [6, 6.07) is 1.62. The van der Waals surface area contributed by atoms with Crippen molar-refractivity contribution in [2.75, 3.05) is 11.9 Å². The van der Waals surface area contributed by atoms with Crippen molar-refractivity contribution in [3.63, 3.8) is 0 Å². The molecule has 2 rings (SSSR count). The molecule has 0 aromatic carbocycles. The van der Waals surface area contributed by atoms with Crippen molar-refractivity contribution in [1.82, 2.24) is 20.5 Å². The first kappa shape index (κ1) is 14.5. The molecule has 3 N–H and O–H groups in total. The summed E-state index contributed by atoms with van der Waals surface area (Å²) < 4.78 is 0.764. The molecule has 0 fully saturated rings. The Hall–Kier alpha value is -1.89. The molecule has 1 atom stereocenters. The normalized spacial score (nSPS) is 11.9. The third-order valence-electron chi connectivity index (χ3n) is 2.81. The first-order chi connectivity index (χ1) is 9.61. The molecule has 0 aliphatic heterocycles. The Labute approximate surface area is 125 Å². The summed E-state index contributed by atoms with van der Waals surface area (Å²) >= 11 is 3.34. The average molecular weight is 338 g/mol. The Balaban J connectivity index is 2.18. The number of nitrogens with one attached hydrogen (secondary N) is 3. The van der Waals surface area contributed by atoms with Gasteiger partial charge in [-0.3, -0.25) is 9.89 Å². The number of hydrogen-bond donors (Lipinski definition) is 3. The second-order valence-corrected chi connectivity index (χ2v) is 5.22. The van der Waals surface area contributed by atoms with Crippen LogP contribution >= 0.6 is 15.9 Å². The number of nitrogens with zero attached hydrogens (tertiary/aromatic N) is 2. The highest BCUT2D eigenvalue weighted by Crippen LogP contribution is 2.19. The van der Waals surface area contributed by atoms with Gasteiger partial charge < -0.3 is 10.6 Å². The zero-order valence-corrected chi connectivity index (χ0v) is 12.9. The van der Waals surface area contributed by atoms with E-state index in [1.807, 2.05) is 13.8 Å². The maximum absolute atomic E-state index is 12.4. The molecule has 0 aliphatic rings. The van der Waals surface area contributed by atoms with Crippen LogP contribution in [0.2, 0.25) is 0 Å². The van der Waals surface area contributed by atoms with Crippen LogP contribution in [0.5, 0.6) is 0 Å². The molecule has 2 aromatic rings. The first-order valence-electron chi connectivity index (χ1n) is 6.30. The van der Waals surface area contributed by atoms with Crippen molar-refractivity contribution in [3.8, 4) is 0 Å². The van der Waals surface area contributed by atoms with Crippen LogP contribution in [-0.2, 0) is 0 Å². The molecule has 6 nitrogen and oxygen atoms in total. The van der Waals surface area contributed by atoms with Crippen LogP contribution in [0.1, 0.15) is 35.8 Å². The van der Waals surface area contributed by atoms with E-state index in [0.29, 0.717) is 17.9 Å². The lowest BCUT2D eigenvalue weighted by atomic mass is 10.1. The van der Waals surface area contributed by atoms with Gasteiger partial charge in [0.2, 0.25) is 0 Å². The average Bonchev–Trinajstić information content (AvgIpc) is 2.95. The van der Waals surface area contributed by atoms with Crippen molar-refractivity contribution in [1.29, 1.82) is 0 Å². The predicted molar refractivity (Wildman–Crippen MR) is 80.6 cm³/mol. The fourth-order valence-corrected chi connectivity index (χ4v) is 2.11. The second-order valence-electron chi connectivity index (χ2n) is 4.31. The fourth-order valence-electron chi connectivity index (χ4n) is 1.78. The van der Waals surface area contributed by atoms with E-state index in [1.165, 1.54) is 0 Å². The van der Waals surface area contributed by atoms with E-state index in [4.69, 9.17) is 0 Å². The minimum absolute atomic E-state index is 0.130. The summed E-state index contributed by atoms with van der Waals surface area (Å²) in [5.41, 5.74) is 1.43. The number of aromatic nitrogens is 3. The van der Waals surface area contributed by atoms with Gasteiger partial charge in [-0.1, -0.05) is 0 Å². The first-order valence-corrected chi connectivity index (χ1v) is 7.10.